The van der Waals surface area contributed by atoms with E-state index in [-0.39, 0.29) is 11.1 Å². The number of hydrogen-bond acceptors (Lipinski definition) is 4. The largest absolute Gasteiger partial charge is 0.368 e. The number of rotatable bonds is 3. The first-order chi connectivity index (χ1) is 9.62. The predicted octanol–water partition coefficient (Wildman–Crippen LogP) is 1.19. The summed E-state index contributed by atoms with van der Waals surface area (Å²) in [6.45, 7) is 11.4. The van der Waals surface area contributed by atoms with Crippen molar-refractivity contribution in [3.63, 3.8) is 0 Å². The van der Waals surface area contributed by atoms with Gasteiger partial charge in [0.2, 0.25) is 0 Å². The Hall–Kier alpha value is -1.80. The van der Waals surface area contributed by atoms with E-state index < -0.39 is 0 Å². The molecule has 108 valence electrons. The van der Waals surface area contributed by atoms with Crippen LogP contribution in [0.2, 0.25) is 0 Å². The van der Waals surface area contributed by atoms with Gasteiger partial charge in [-0.05, 0) is 26.5 Å². The fourth-order valence-electron chi connectivity index (χ4n) is 2.81. The molecule has 2 rings (SSSR count). The molecule has 2 heterocycles. The van der Waals surface area contributed by atoms with E-state index in [4.69, 9.17) is 0 Å². The first-order valence-electron chi connectivity index (χ1n) is 7.24. The highest BCUT2D eigenvalue weighted by Gasteiger charge is 2.21. The van der Waals surface area contributed by atoms with Gasteiger partial charge in [-0.3, -0.25) is 4.79 Å². The molecule has 1 aromatic rings. The molecular formula is C15H22N4O. The molecule has 0 amide bonds. The fraction of sp³-hybridized carbons (Fsp3) is 0.600. The zero-order valence-electron chi connectivity index (χ0n) is 12.5. The third kappa shape index (κ3) is 2.56. The topological polar surface area (TPSA) is 52.3 Å². The first kappa shape index (κ1) is 14.6. The molecule has 1 aliphatic rings. The summed E-state index contributed by atoms with van der Waals surface area (Å²) in [7, 11) is 0. The van der Waals surface area contributed by atoms with E-state index in [0.717, 1.165) is 44.1 Å². The van der Waals surface area contributed by atoms with Crippen LogP contribution in [0.15, 0.2) is 10.9 Å². The van der Waals surface area contributed by atoms with E-state index in [1.807, 2.05) is 19.9 Å². The molecule has 0 aliphatic carbocycles. The predicted molar refractivity (Wildman–Crippen MR) is 80.2 cm³/mol. The summed E-state index contributed by atoms with van der Waals surface area (Å²) in [6, 6.07) is 4.08. The monoisotopic (exact) mass is 274 g/mol. The van der Waals surface area contributed by atoms with Crippen molar-refractivity contribution in [3.05, 3.63) is 27.7 Å². The van der Waals surface area contributed by atoms with Crippen LogP contribution in [0.25, 0.3) is 0 Å². The van der Waals surface area contributed by atoms with Gasteiger partial charge in [0, 0.05) is 38.4 Å². The Bertz CT molecular complexity index is 577. The van der Waals surface area contributed by atoms with Crippen LogP contribution in [0.3, 0.4) is 0 Å². The van der Waals surface area contributed by atoms with Crippen LogP contribution in [0.4, 0.5) is 5.69 Å². The summed E-state index contributed by atoms with van der Waals surface area (Å²) < 4.78 is 1.66. The summed E-state index contributed by atoms with van der Waals surface area (Å²) in [4.78, 5) is 16.9. The molecule has 1 fully saturated rings. The van der Waals surface area contributed by atoms with E-state index in [9.17, 15) is 10.1 Å². The van der Waals surface area contributed by atoms with Gasteiger partial charge in [0.25, 0.3) is 5.56 Å². The van der Waals surface area contributed by atoms with Gasteiger partial charge in [-0.15, -0.1) is 0 Å². The van der Waals surface area contributed by atoms with Gasteiger partial charge in [-0.25, -0.2) is 0 Å². The molecule has 1 saturated heterocycles. The van der Waals surface area contributed by atoms with E-state index in [0.29, 0.717) is 6.54 Å². The van der Waals surface area contributed by atoms with Crippen molar-refractivity contribution in [1.29, 1.82) is 5.26 Å². The van der Waals surface area contributed by atoms with Crippen LogP contribution >= 0.6 is 0 Å². The molecular weight excluding hydrogens is 252 g/mol. The summed E-state index contributed by atoms with van der Waals surface area (Å²) in [5.41, 5.74) is 1.84. The molecule has 0 atom stereocenters. The number of aromatic nitrogens is 1. The van der Waals surface area contributed by atoms with Gasteiger partial charge in [-0.1, -0.05) is 6.92 Å². The minimum absolute atomic E-state index is 0.164. The normalized spacial score (nSPS) is 16.2. The highest BCUT2D eigenvalue weighted by molar-refractivity contribution is 5.59. The molecule has 1 aliphatic heterocycles. The summed E-state index contributed by atoms with van der Waals surface area (Å²) >= 11 is 0. The van der Waals surface area contributed by atoms with Crippen LogP contribution in [-0.4, -0.2) is 42.2 Å². The van der Waals surface area contributed by atoms with E-state index >= 15 is 0 Å². The second kappa shape index (κ2) is 6.10. The third-order valence-electron chi connectivity index (χ3n) is 4.07. The number of nitrogens with zero attached hydrogens (tertiary/aromatic N) is 4. The fourth-order valence-corrected chi connectivity index (χ4v) is 2.81. The average Bonchev–Trinajstić information content (AvgIpc) is 2.47. The van der Waals surface area contributed by atoms with E-state index in [1.54, 1.807) is 4.57 Å². The second-order valence-electron chi connectivity index (χ2n) is 5.13. The Balaban J connectivity index is 2.38. The zero-order valence-corrected chi connectivity index (χ0v) is 12.5. The van der Waals surface area contributed by atoms with E-state index in [2.05, 4.69) is 22.8 Å². The lowest BCUT2D eigenvalue weighted by atomic mass is 10.1. The van der Waals surface area contributed by atoms with Gasteiger partial charge in [0.05, 0.1) is 5.69 Å². The number of pyridine rings is 1. The number of piperazine rings is 1. The number of aryl methyl sites for hydroxylation is 1. The number of nitriles is 1. The quantitative estimate of drug-likeness (QED) is 0.831. The van der Waals surface area contributed by atoms with Crippen molar-refractivity contribution >= 4 is 5.69 Å². The van der Waals surface area contributed by atoms with Gasteiger partial charge in [-0.2, -0.15) is 5.26 Å². The molecule has 0 saturated carbocycles. The van der Waals surface area contributed by atoms with Crippen LogP contribution in [0.1, 0.15) is 25.1 Å². The number of likely N-dealkylation sites (N-methyl/N-ethyl adjacent to an activating group) is 1. The minimum atomic E-state index is -0.164. The molecule has 5 nitrogen and oxygen atoms in total. The van der Waals surface area contributed by atoms with Crippen molar-refractivity contribution in [2.45, 2.75) is 27.3 Å². The average molecular weight is 274 g/mol. The molecule has 0 unspecified atom stereocenters. The zero-order chi connectivity index (χ0) is 14.7. The van der Waals surface area contributed by atoms with Gasteiger partial charge < -0.3 is 14.4 Å². The Labute approximate surface area is 120 Å². The van der Waals surface area contributed by atoms with Crippen molar-refractivity contribution in [2.75, 3.05) is 37.6 Å². The van der Waals surface area contributed by atoms with Crippen molar-refractivity contribution in [3.8, 4) is 6.07 Å². The maximum atomic E-state index is 12.3. The second-order valence-corrected chi connectivity index (χ2v) is 5.13. The molecule has 5 heteroatoms. The van der Waals surface area contributed by atoms with Crippen LogP contribution in [0, 0.1) is 18.3 Å². The molecule has 0 spiro atoms. The lowest BCUT2D eigenvalue weighted by Crippen LogP contribution is -2.47. The molecule has 0 N–H and O–H groups in total. The molecule has 1 aromatic heterocycles. The molecule has 0 aromatic carbocycles. The van der Waals surface area contributed by atoms with E-state index in [1.165, 1.54) is 0 Å². The van der Waals surface area contributed by atoms with Crippen molar-refractivity contribution in [1.82, 2.24) is 9.47 Å². The standard InChI is InChI=1S/C15H22N4O/c1-4-17-6-8-18(9-7-17)14-10-12(3)19(5-2)15(20)13(14)11-16/h10H,4-9H2,1-3H3. The minimum Gasteiger partial charge on any atom is -0.368 e. The molecule has 0 radical (unpaired) electrons. The van der Waals surface area contributed by atoms with Crippen LogP contribution in [-0.2, 0) is 6.54 Å². The lowest BCUT2D eigenvalue weighted by Gasteiger charge is -2.36. The van der Waals surface area contributed by atoms with Gasteiger partial charge in [0.15, 0.2) is 0 Å². The first-order valence-corrected chi connectivity index (χ1v) is 7.24. The van der Waals surface area contributed by atoms with Crippen LogP contribution < -0.4 is 10.5 Å². The van der Waals surface area contributed by atoms with Gasteiger partial charge in [0.1, 0.15) is 11.6 Å². The Morgan fingerprint density at radius 1 is 1.20 bits per heavy atom. The Kier molecular flexibility index (Phi) is 4.46. The third-order valence-corrected chi connectivity index (χ3v) is 4.07. The maximum Gasteiger partial charge on any atom is 0.270 e. The lowest BCUT2D eigenvalue weighted by molar-refractivity contribution is 0.271. The van der Waals surface area contributed by atoms with Crippen LogP contribution in [0.5, 0.6) is 0 Å². The van der Waals surface area contributed by atoms with Crippen molar-refractivity contribution < 1.29 is 0 Å². The summed E-state index contributed by atoms with van der Waals surface area (Å²) in [5.74, 6) is 0. The Morgan fingerprint density at radius 3 is 2.35 bits per heavy atom. The Morgan fingerprint density at radius 2 is 1.85 bits per heavy atom. The number of hydrogen-bond donors (Lipinski definition) is 0. The SMILES string of the molecule is CCN1CCN(c2cc(C)n(CC)c(=O)c2C#N)CC1. The molecule has 20 heavy (non-hydrogen) atoms. The maximum absolute atomic E-state index is 12.3. The highest BCUT2D eigenvalue weighted by Crippen LogP contribution is 2.20. The molecule has 0 bridgehead atoms. The van der Waals surface area contributed by atoms with Crippen molar-refractivity contribution in [2.24, 2.45) is 0 Å². The summed E-state index contributed by atoms with van der Waals surface area (Å²) in [6.07, 6.45) is 0. The van der Waals surface area contributed by atoms with Gasteiger partial charge >= 0.3 is 0 Å². The number of anilines is 1. The smallest absolute Gasteiger partial charge is 0.270 e. The highest BCUT2D eigenvalue weighted by atomic mass is 16.1. The summed E-state index contributed by atoms with van der Waals surface area (Å²) in [5, 5.41) is 9.34.